The Hall–Kier alpha value is -2.31. The number of hydrogen-bond donors (Lipinski definition) is 0. The van der Waals surface area contributed by atoms with Crippen LogP contribution in [0.4, 0.5) is 0 Å². The lowest BCUT2D eigenvalue weighted by Gasteiger charge is -2.11. The van der Waals surface area contributed by atoms with Gasteiger partial charge in [-0.1, -0.05) is 48.5 Å². The molecule has 1 atom stereocenters. The number of ether oxygens (including phenoxy) is 2. The van der Waals surface area contributed by atoms with Gasteiger partial charge in [0.1, 0.15) is 5.75 Å². The second-order valence-corrected chi connectivity index (χ2v) is 3.66. The summed E-state index contributed by atoms with van der Waals surface area (Å²) in [6.45, 7) is 0.0527. The molecular weight excluding hydrogens is 226 g/mol. The van der Waals surface area contributed by atoms with Crippen LogP contribution < -0.4 is 4.74 Å². The van der Waals surface area contributed by atoms with Crippen LogP contribution in [0.25, 0.3) is 0 Å². The molecule has 2 rings (SSSR count). The monoisotopic (exact) mass is 239 g/mol. The summed E-state index contributed by atoms with van der Waals surface area (Å²) in [6, 6.07) is 20.8. The molecule has 0 heterocycles. The molecule has 0 saturated carbocycles. The van der Waals surface area contributed by atoms with Crippen molar-refractivity contribution < 1.29 is 9.47 Å². The van der Waals surface area contributed by atoms with Crippen molar-refractivity contribution in [2.75, 3.05) is 6.79 Å². The summed E-state index contributed by atoms with van der Waals surface area (Å²) in [5.74, 6) is 0.724. The molecule has 90 valence electrons. The zero-order valence-electron chi connectivity index (χ0n) is 9.82. The van der Waals surface area contributed by atoms with E-state index < -0.39 is 6.10 Å². The lowest BCUT2D eigenvalue weighted by molar-refractivity contribution is -0.0138. The van der Waals surface area contributed by atoms with Gasteiger partial charge in [-0.15, -0.1) is 0 Å². The fourth-order valence-corrected chi connectivity index (χ4v) is 1.52. The zero-order valence-corrected chi connectivity index (χ0v) is 9.82. The molecule has 0 spiro atoms. The maximum absolute atomic E-state index is 9.05. The molecule has 0 aliphatic rings. The smallest absolute Gasteiger partial charge is 0.191 e. The lowest BCUT2D eigenvalue weighted by atomic mass is 10.1. The van der Waals surface area contributed by atoms with E-state index in [1.54, 1.807) is 0 Å². The van der Waals surface area contributed by atoms with Gasteiger partial charge in [0.15, 0.2) is 12.9 Å². The Balaban J connectivity index is 1.88. The van der Waals surface area contributed by atoms with Crippen molar-refractivity contribution in [2.24, 2.45) is 0 Å². The minimum atomic E-state index is -0.602. The number of para-hydroxylation sites is 1. The van der Waals surface area contributed by atoms with Crippen LogP contribution in [0.1, 0.15) is 11.7 Å². The largest absolute Gasteiger partial charge is 0.467 e. The van der Waals surface area contributed by atoms with Crippen LogP contribution in [0, 0.1) is 11.3 Å². The summed E-state index contributed by atoms with van der Waals surface area (Å²) < 4.78 is 10.8. The zero-order chi connectivity index (χ0) is 12.6. The van der Waals surface area contributed by atoms with Crippen LogP contribution in [-0.2, 0) is 4.74 Å². The molecule has 3 heteroatoms. The normalized spacial score (nSPS) is 11.5. The molecule has 0 aliphatic heterocycles. The molecule has 0 amide bonds. The van der Waals surface area contributed by atoms with Crippen molar-refractivity contribution in [2.45, 2.75) is 6.10 Å². The molecular formula is C15H13NO2. The lowest BCUT2D eigenvalue weighted by Crippen LogP contribution is -2.08. The number of nitrogens with zero attached hydrogens (tertiary/aromatic N) is 1. The number of hydrogen-bond acceptors (Lipinski definition) is 3. The van der Waals surface area contributed by atoms with E-state index in [0.29, 0.717) is 0 Å². The summed E-state index contributed by atoms with van der Waals surface area (Å²) in [4.78, 5) is 0. The summed E-state index contributed by atoms with van der Waals surface area (Å²) in [5.41, 5.74) is 0.830. The van der Waals surface area contributed by atoms with Crippen LogP contribution >= 0.6 is 0 Å². The van der Waals surface area contributed by atoms with Crippen molar-refractivity contribution in [1.82, 2.24) is 0 Å². The second-order valence-electron chi connectivity index (χ2n) is 3.66. The molecule has 2 aromatic rings. The van der Waals surface area contributed by atoms with E-state index in [4.69, 9.17) is 14.7 Å². The van der Waals surface area contributed by atoms with Crippen molar-refractivity contribution in [1.29, 1.82) is 5.26 Å². The first-order valence-corrected chi connectivity index (χ1v) is 5.64. The first kappa shape index (κ1) is 12.2. The Labute approximate surface area is 106 Å². The van der Waals surface area contributed by atoms with Crippen LogP contribution in [0.5, 0.6) is 5.75 Å². The molecule has 0 N–H and O–H groups in total. The van der Waals surface area contributed by atoms with Gasteiger partial charge in [-0.05, 0) is 17.7 Å². The maximum Gasteiger partial charge on any atom is 0.191 e. The van der Waals surface area contributed by atoms with Gasteiger partial charge >= 0.3 is 0 Å². The highest BCUT2D eigenvalue weighted by molar-refractivity contribution is 5.22. The molecule has 1 unspecified atom stereocenters. The third-order valence-electron chi connectivity index (χ3n) is 2.42. The standard InChI is InChI=1S/C15H13NO2/c16-11-15(13-7-3-1-4-8-13)18-12-17-14-9-5-2-6-10-14/h1-10,15H,12H2. The second kappa shape index (κ2) is 6.43. The quantitative estimate of drug-likeness (QED) is 0.752. The first-order valence-electron chi connectivity index (χ1n) is 5.64. The average Bonchev–Trinajstić information content (AvgIpc) is 2.46. The molecule has 0 aromatic heterocycles. The Bertz CT molecular complexity index is 505. The van der Waals surface area contributed by atoms with E-state index >= 15 is 0 Å². The number of benzene rings is 2. The number of nitriles is 1. The molecule has 0 bridgehead atoms. The van der Waals surface area contributed by atoms with Gasteiger partial charge in [-0.25, -0.2) is 0 Å². The van der Waals surface area contributed by atoms with Gasteiger partial charge in [0.05, 0.1) is 6.07 Å². The summed E-state index contributed by atoms with van der Waals surface area (Å²) in [7, 11) is 0. The van der Waals surface area contributed by atoms with Crippen LogP contribution in [0.3, 0.4) is 0 Å². The van der Waals surface area contributed by atoms with E-state index in [9.17, 15) is 0 Å². The van der Waals surface area contributed by atoms with E-state index in [0.717, 1.165) is 11.3 Å². The van der Waals surface area contributed by atoms with Gasteiger partial charge < -0.3 is 9.47 Å². The van der Waals surface area contributed by atoms with Crippen molar-refractivity contribution in [3.63, 3.8) is 0 Å². The summed E-state index contributed by atoms with van der Waals surface area (Å²) in [6.07, 6.45) is -0.602. The maximum atomic E-state index is 9.05. The molecule has 0 aliphatic carbocycles. The molecule has 0 saturated heterocycles. The van der Waals surface area contributed by atoms with E-state index in [2.05, 4.69) is 6.07 Å². The van der Waals surface area contributed by atoms with Gasteiger partial charge in [0.25, 0.3) is 0 Å². The highest BCUT2D eigenvalue weighted by Crippen LogP contribution is 2.16. The number of rotatable bonds is 5. The minimum absolute atomic E-state index is 0.0527. The van der Waals surface area contributed by atoms with E-state index in [1.165, 1.54) is 0 Å². The summed E-state index contributed by atoms with van der Waals surface area (Å²) >= 11 is 0. The molecule has 0 fully saturated rings. The third-order valence-corrected chi connectivity index (χ3v) is 2.42. The molecule has 3 nitrogen and oxygen atoms in total. The Morgan fingerprint density at radius 3 is 2.17 bits per heavy atom. The minimum Gasteiger partial charge on any atom is -0.467 e. The fraction of sp³-hybridized carbons (Fsp3) is 0.133. The molecule has 0 radical (unpaired) electrons. The average molecular weight is 239 g/mol. The van der Waals surface area contributed by atoms with Gasteiger partial charge in [0.2, 0.25) is 0 Å². The molecule has 18 heavy (non-hydrogen) atoms. The highest BCUT2D eigenvalue weighted by atomic mass is 16.7. The third kappa shape index (κ3) is 3.34. The van der Waals surface area contributed by atoms with Gasteiger partial charge in [0, 0.05) is 0 Å². The van der Waals surface area contributed by atoms with Gasteiger partial charge in [-0.2, -0.15) is 5.26 Å². The van der Waals surface area contributed by atoms with E-state index in [1.807, 2.05) is 60.7 Å². The first-order chi connectivity index (χ1) is 8.90. The Morgan fingerprint density at radius 2 is 1.56 bits per heavy atom. The predicted molar refractivity (Wildman–Crippen MR) is 67.8 cm³/mol. The predicted octanol–water partition coefficient (Wildman–Crippen LogP) is 3.30. The SMILES string of the molecule is N#CC(OCOc1ccccc1)c1ccccc1. The van der Waals surface area contributed by atoms with Crippen molar-refractivity contribution in [3.8, 4) is 11.8 Å². The molecule has 2 aromatic carbocycles. The van der Waals surface area contributed by atoms with E-state index in [-0.39, 0.29) is 6.79 Å². The van der Waals surface area contributed by atoms with Crippen LogP contribution in [-0.4, -0.2) is 6.79 Å². The van der Waals surface area contributed by atoms with Gasteiger partial charge in [-0.3, -0.25) is 0 Å². The van der Waals surface area contributed by atoms with Crippen molar-refractivity contribution in [3.05, 3.63) is 66.2 Å². The Kier molecular flexibility index (Phi) is 4.34. The summed E-state index contributed by atoms with van der Waals surface area (Å²) in [5, 5.41) is 9.05. The Morgan fingerprint density at radius 1 is 0.944 bits per heavy atom. The topological polar surface area (TPSA) is 42.2 Å². The fourth-order valence-electron chi connectivity index (χ4n) is 1.52. The highest BCUT2D eigenvalue weighted by Gasteiger charge is 2.09. The van der Waals surface area contributed by atoms with Crippen LogP contribution in [0.15, 0.2) is 60.7 Å². The van der Waals surface area contributed by atoms with Crippen molar-refractivity contribution >= 4 is 0 Å². The van der Waals surface area contributed by atoms with Crippen LogP contribution in [0.2, 0.25) is 0 Å².